The van der Waals surface area contributed by atoms with Crippen LogP contribution in [-0.4, -0.2) is 38.0 Å². The van der Waals surface area contributed by atoms with Crippen molar-refractivity contribution in [1.82, 2.24) is 14.5 Å². The lowest BCUT2D eigenvalue weighted by atomic mass is 9.56. The van der Waals surface area contributed by atoms with Gasteiger partial charge in [0.15, 0.2) is 0 Å². The topological polar surface area (TPSA) is 75.4 Å². The van der Waals surface area contributed by atoms with Crippen molar-refractivity contribution in [1.29, 1.82) is 0 Å². The number of carboxylic acid groups (broad SMARTS) is 1. The van der Waals surface area contributed by atoms with Crippen molar-refractivity contribution >= 4 is 34.5 Å². The lowest BCUT2D eigenvalue weighted by molar-refractivity contribution is -0.136. The van der Waals surface area contributed by atoms with Crippen molar-refractivity contribution in [2.24, 2.45) is 5.41 Å². The molecule has 174 valence electrons. The third-order valence-corrected chi connectivity index (χ3v) is 8.17. The molecule has 0 spiro atoms. The van der Waals surface area contributed by atoms with Crippen LogP contribution < -0.4 is 0 Å². The minimum Gasteiger partial charge on any atom is -0.478 e. The summed E-state index contributed by atoms with van der Waals surface area (Å²) in [6, 6.07) is 12.0. The zero-order valence-electron chi connectivity index (χ0n) is 18.9. The van der Waals surface area contributed by atoms with Gasteiger partial charge in [-0.2, -0.15) is 0 Å². The second kappa shape index (κ2) is 7.98. The van der Waals surface area contributed by atoms with Crippen LogP contribution >= 0.6 is 11.6 Å². The Hall–Kier alpha value is -3.12. The van der Waals surface area contributed by atoms with Crippen molar-refractivity contribution in [3.8, 4) is 0 Å². The molecule has 6 nitrogen and oxygen atoms in total. The lowest BCUT2D eigenvalue weighted by Gasteiger charge is -2.49. The highest BCUT2D eigenvalue weighted by molar-refractivity contribution is 6.30. The Morgan fingerprint density at radius 1 is 1.12 bits per heavy atom. The number of nitrogens with zero attached hydrogens (tertiary/aromatic N) is 3. The van der Waals surface area contributed by atoms with Crippen LogP contribution in [0.4, 0.5) is 0 Å². The van der Waals surface area contributed by atoms with Gasteiger partial charge in [0.25, 0.3) is 0 Å². The van der Waals surface area contributed by atoms with E-state index in [1.54, 1.807) is 0 Å². The van der Waals surface area contributed by atoms with Gasteiger partial charge in [0.05, 0.1) is 6.54 Å². The summed E-state index contributed by atoms with van der Waals surface area (Å²) in [5.41, 5.74) is 6.13. The van der Waals surface area contributed by atoms with Crippen LogP contribution in [0.15, 0.2) is 53.7 Å². The van der Waals surface area contributed by atoms with Gasteiger partial charge in [0.2, 0.25) is 5.91 Å². The van der Waals surface area contributed by atoms with Crippen LogP contribution in [0.2, 0.25) is 5.02 Å². The zero-order valence-corrected chi connectivity index (χ0v) is 19.6. The molecular formula is C27H26ClN3O3. The highest BCUT2D eigenvalue weighted by Crippen LogP contribution is 2.57. The summed E-state index contributed by atoms with van der Waals surface area (Å²) in [6.07, 6.45) is 6.06. The number of carboxylic acids is 1. The zero-order chi connectivity index (χ0) is 23.4. The monoisotopic (exact) mass is 475 g/mol. The SMILES string of the molecule is O=C(O)C1=C2CC(CC(=O)N3CCc4c(n(Cc5ccc(Cl)cc5)c5ncccc45)C3)(CC1)C2. The average molecular weight is 476 g/mol. The summed E-state index contributed by atoms with van der Waals surface area (Å²) in [4.78, 5) is 31.5. The highest BCUT2D eigenvalue weighted by Gasteiger charge is 2.48. The van der Waals surface area contributed by atoms with Crippen molar-refractivity contribution in [2.75, 3.05) is 6.54 Å². The Balaban J connectivity index is 1.25. The van der Waals surface area contributed by atoms with Gasteiger partial charge in [-0.25, -0.2) is 9.78 Å². The number of halogens is 1. The molecule has 3 aliphatic carbocycles. The second-order valence-corrected chi connectivity index (χ2v) is 10.4. The molecule has 34 heavy (non-hydrogen) atoms. The van der Waals surface area contributed by atoms with Gasteiger partial charge >= 0.3 is 5.97 Å². The van der Waals surface area contributed by atoms with Gasteiger partial charge in [0, 0.05) is 47.4 Å². The number of amides is 1. The number of pyridine rings is 1. The minimum absolute atomic E-state index is 0.0385. The number of benzene rings is 1. The van der Waals surface area contributed by atoms with E-state index in [9.17, 15) is 14.7 Å². The molecule has 1 amide bonds. The molecule has 1 N–H and O–H groups in total. The number of carbonyl (C=O) groups excluding carboxylic acids is 1. The van der Waals surface area contributed by atoms with E-state index in [0.29, 0.717) is 43.1 Å². The van der Waals surface area contributed by atoms with E-state index in [2.05, 4.69) is 15.6 Å². The molecule has 1 fully saturated rings. The number of allylic oxidation sites excluding steroid dienone is 1. The summed E-state index contributed by atoms with van der Waals surface area (Å²) in [6.45, 7) is 1.97. The molecule has 7 rings (SSSR count). The van der Waals surface area contributed by atoms with E-state index in [-0.39, 0.29) is 11.3 Å². The number of carbonyl (C=O) groups is 2. The van der Waals surface area contributed by atoms with Gasteiger partial charge in [-0.05, 0) is 72.9 Å². The summed E-state index contributed by atoms with van der Waals surface area (Å²) in [5, 5.41) is 11.2. The molecule has 1 aliphatic heterocycles. The van der Waals surface area contributed by atoms with E-state index in [4.69, 9.17) is 11.6 Å². The van der Waals surface area contributed by atoms with Crippen LogP contribution in [0, 0.1) is 5.41 Å². The molecule has 0 radical (unpaired) electrons. The van der Waals surface area contributed by atoms with Gasteiger partial charge < -0.3 is 14.6 Å². The summed E-state index contributed by atoms with van der Waals surface area (Å²) in [5.74, 6) is -0.611. The number of aliphatic carboxylic acids is 1. The molecule has 1 saturated carbocycles. The van der Waals surface area contributed by atoms with Crippen molar-refractivity contribution in [3.05, 3.63) is 75.6 Å². The van der Waals surface area contributed by atoms with E-state index >= 15 is 0 Å². The first-order valence-corrected chi connectivity index (χ1v) is 12.2. The minimum atomic E-state index is -0.791. The molecule has 0 saturated heterocycles. The van der Waals surface area contributed by atoms with E-state index in [0.717, 1.165) is 48.2 Å². The van der Waals surface area contributed by atoms with Crippen LogP contribution in [0.3, 0.4) is 0 Å². The predicted molar refractivity (Wildman–Crippen MR) is 130 cm³/mol. The van der Waals surface area contributed by atoms with Crippen LogP contribution in [0.25, 0.3) is 11.0 Å². The maximum absolute atomic E-state index is 13.4. The quantitative estimate of drug-likeness (QED) is 0.565. The second-order valence-electron chi connectivity index (χ2n) is 10.00. The van der Waals surface area contributed by atoms with Gasteiger partial charge in [0.1, 0.15) is 5.65 Å². The molecule has 3 aromatic rings. The molecular weight excluding hydrogens is 450 g/mol. The predicted octanol–water partition coefficient (Wildman–Crippen LogP) is 4.97. The normalized spacial score (nSPS) is 18.6. The maximum atomic E-state index is 13.4. The molecule has 2 aromatic heterocycles. The first kappa shape index (κ1) is 21.4. The summed E-state index contributed by atoms with van der Waals surface area (Å²) >= 11 is 6.08. The molecule has 2 bridgehead atoms. The number of fused-ring (bicyclic) bond motifs is 5. The third kappa shape index (κ3) is 3.52. The van der Waals surface area contributed by atoms with E-state index in [1.807, 2.05) is 41.4 Å². The van der Waals surface area contributed by atoms with Crippen molar-refractivity contribution in [2.45, 2.75) is 51.6 Å². The van der Waals surface area contributed by atoms with Crippen LogP contribution in [-0.2, 0) is 29.1 Å². The number of hydrogen-bond acceptors (Lipinski definition) is 3. The Labute approximate surface area is 202 Å². The first-order chi connectivity index (χ1) is 16.4. The lowest BCUT2D eigenvalue weighted by Crippen LogP contribution is -2.44. The standard InChI is InChI=1S/C27H26ClN3O3/c28-19-5-3-17(4-6-19)15-31-23-16-30(11-8-21(23)22-2-1-10-29-25(22)31)24(32)14-27-9-7-20(26(33)34)18(12-27)13-27/h1-6,10H,7-9,11-16H2,(H,33,34). The average Bonchev–Trinajstić information content (AvgIpc) is 3.13. The van der Waals surface area contributed by atoms with Gasteiger partial charge in [-0.1, -0.05) is 29.3 Å². The largest absolute Gasteiger partial charge is 0.478 e. The smallest absolute Gasteiger partial charge is 0.331 e. The fourth-order valence-corrected chi connectivity index (χ4v) is 6.26. The Morgan fingerprint density at radius 2 is 1.91 bits per heavy atom. The fourth-order valence-electron chi connectivity index (χ4n) is 6.13. The highest BCUT2D eigenvalue weighted by atomic mass is 35.5. The molecule has 0 atom stereocenters. The molecule has 7 heteroatoms. The van der Waals surface area contributed by atoms with E-state index in [1.165, 1.54) is 10.9 Å². The fraction of sp³-hybridized carbons (Fsp3) is 0.370. The molecule has 0 unspecified atom stereocenters. The van der Waals surface area contributed by atoms with E-state index < -0.39 is 5.97 Å². The van der Waals surface area contributed by atoms with Crippen molar-refractivity contribution in [3.63, 3.8) is 0 Å². The summed E-state index contributed by atoms with van der Waals surface area (Å²) < 4.78 is 2.25. The Kier molecular flexibility index (Phi) is 5.03. The number of rotatable bonds is 5. The van der Waals surface area contributed by atoms with Gasteiger partial charge in [-0.15, -0.1) is 0 Å². The number of hydrogen-bond donors (Lipinski definition) is 1. The number of aromatic nitrogens is 2. The first-order valence-electron chi connectivity index (χ1n) is 11.8. The van der Waals surface area contributed by atoms with Crippen molar-refractivity contribution < 1.29 is 14.7 Å². The van der Waals surface area contributed by atoms with Crippen LogP contribution in [0.1, 0.15) is 48.9 Å². The van der Waals surface area contributed by atoms with Crippen LogP contribution in [0.5, 0.6) is 0 Å². The molecule has 4 aliphatic rings. The summed E-state index contributed by atoms with van der Waals surface area (Å²) in [7, 11) is 0. The Morgan fingerprint density at radius 3 is 2.62 bits per heavy atom. The third-order valence-electron chi connectivity index (χ3n) is 7.91. The maximum Gasteiger partial charge on any atom is 0.331 e. The van der Waals surface area contributed by atoms with Gasteiger partial charge in [-0.3, -0.25) is 4.79 Å². The Bertz CT molecular complexity index is 1350. The molecule has 3 heterocycles. The molecule has 1 aromatic carbocycles.